The lowest BCUT2D eigenvalue weighted by molar-refractivity contribution is -0.122. The van der Waals surface area contributed by atoms with E-state index >= 15 is 0 Å². The van der Waals surface area contributed by atoms with Crippen LogP contribution in [0, 0.1) is 6.92 Å². The fraction of sp³-hybridized carbons (Fsp3) is 0.708. The highest BCUT2D eigenvalue weighted by Crippen LogP contribution is 2.35. The number of carbonyl (C=O) groups excluding carboxylic acids is 2. The fourth-order valence-electron chi connectivity index (χ4n) is 5.74. The second kappa shape index (κ2) is 9.02. The van der Waals surface area contributed by atoms with E-state index < -0.39 is 0 Å². The number of nitrogens with one attached hydrogen (secondary N) is 1. The molecular formula is C24H34N4O2S. The first-order valence-corrected chi connectivity index (χ1v) is 13.0. The maximum atomic E-state index is 13.0. The van der Waals surface area contributed by atoms with E-state index in [1.54, 1.807) is 11.3 Å². The molecule has 3 aliphatic rings. The molecule has 6 nitrogen and oxygen atoms in total. The van der Waals surface area contributed by atoms with Gasteiger partial charge in [-0.05, 0) is 51.5 Å². The molecule has 1 N–H and O–H groups in total. The first-order valence-electron chi connectivity index (χ1n) is 12.1. The van der Waals surface area contributed by atoms with Gasteiger partial charge >= 0.3 is 0 Å². The third-order valence-electron chi connectivity index (χ3n) is 7.62. The Morgan fingerprint density at radius 2 is 1.74 bits per heavy atom. The summed E-state index contributed by atoms with van der Waals surface area (Å²) in [4.78, 5) is 29.0. The summed E-state index contributed by atoms with van der Waals surface area (Å²) in [7, 11) is 0. The van der Waals surface area contributed by atoms with Crippen LogP contribution in [0.2, 0.25) is 0 Å². The average Bonchev–Trinajstić information content (AvgIpc) is 3.36. The van der Waals surface area contributed by atoms with Crippen LogP contribution in [-0.4, -0.2) is 51.5 Å². The van der Waals surface area contributed by atoms with Gasteiger partial charge in [0.2, 0.25) is 0 Å². The Morgan fingerprint density at radius 1 is 1.03 bits per heavy atom. The second-order valence-corrected chi connectivity index (χ2v) is 10.7. The zero-order chi connectivity index (χ0) is 21.4. The van der Waals surface area contributed by atoms with Crippen molar-refractivity contribution in [3.8, 4) is 0 Å². The highest BCUT2D eigenvalue weighted by atomic mass is 32.1. The molecule has 2 saturated carbocycles. The van der Waals surface area contributed by atoms with Gasteiger partial charge in [0.15, 0.2) is 0 Å². The Morgan fingerprint density at radius 3 is 2.45 bits per heavy atom. The molecule has 1 aliphatic heterocycles. The Labute approximate surface area is 188 Å². The minimum atomic E-state index is 0.0720. The zero-order valence-electron chi connectivity index (χ0n) is 18.6. The maximum absolute atomic E-state index is 13.0. The number of piperidine rings is 1. The number of hydrogen-bond donors (Lipinski definition) is 1. The molecule has 2 aromatic rings. The number of aryl methyl sites for hydroxylation is 1. The van der Waals surface area contributed by atoms with Gasteiger partial charge in [0.1, 0.15) is 10.6 Å². The number of nitrogens with zero attached hydrogens (tertiary/aromatic N) is 3. The first kappa shape index (κ1) is 21.1. The predicted molar refractivity (Wildman–Crippen MR) is 124 cm³/mol. The Kier molecular flexibility index (Phi) is 6.15. The molecule has 0 aromatic carbocycles. The van der Waals surface area contributed by atoms with Crippen LogP contribution < -0.4 is 5.32 Å². The lowest BCUT2D eigenvalue weighted by Gasteiger charge is -2.38. The van der Waals surface area contributed by atoms with Crippen LogP contribution in [0.15, 0.2) is 6.07 Å². The van der Waals surface area contributed by atoms with Crippen molar-refractivity contribution in [3.63, 3.8) is 0 Å². The normalized spacial score (nSPS) is 26.4. The fourth-order valence-corrected chi connectivity index (χ4v) is 6.87. The second-order valence-electron chi connectivity index (χ2n) is 9.70. The molecule has 0 unspecified atom stereocenters. The van der Waals surface area contributed by atoms with E-state index in [0.29, 0.717) is 30.7 Å². The number of Topliss-reactive ketones (excluding diaryl/α,β-unsaturated/α-hetero) is 1. The van der Waals surface area contributed by atoms with Crippen molar-refractivity contribution in [2.75, 3.05) is 13.1 Å². The van der Waals surface area contributed by atoms with Crippen LogP contribution in [0.4, 0.5) is 0 Å². The van der Waals surface area contributed by atoms with Crippen molar-refractivity contribution < 1.29 is 9.59 Å². The van der Waals surface area contributed by atoms with Gasteiger partial charge in [0.05, 0.1) is 16.6 Å². The topological polar surface area (TPSA) is 67.2 Å². The number of ketones is 1. The summed E-state index contributed by atoms with van der Waals surface area (Å²) in [6.45, 7) is 3.89. The highest BCUT2D eigenvalue weighted by molar-refractivity contribution is 7.20. The molecule has 5 rings (SSSR count). The van der Waals surface area contributed by atoms with Crippen LogP contribution in [-0.2, 0) is 4.79 Å². The average molecular weight is 443 g/mol. The van der Waals surface area contributed by atoms with Gasteiger partial charge < -0.3 is 5.32 Å². The van der Waals surface area contributed by atoms with Crippen LogP contribution >= 0.6 is 11.3 Å². The van der Waals surface area contributed by atoms with Crippen LogP contribution in [0.3, 0.4) is 0 Å². The molecule has 1 amide bonds. The number of carbonyl (C=O) groups is 2. The van der Waals surface area contributed by atoms with Gasteiger partial charge in [-0.15, -0.1) is 11.3 Å². The largest absolute Gasteiger partial charge is 0.349 e. The van der Waals surface area contributed by atoms with E-state index in [1.807, 2.05) is 6.07 Å². The summed E-state index contributed by atoms with van der Waals surface area (Å²) >= 11 is 1.61. The maximum Gasteiger partial charge on any atom is 0.261 e. The zero-order valence-corrected chi connectivity index (χ0v) is 19.4. The molecular weight excluding hydrogens is 408 g/mol. The van der Waals surface area contributed by atoms with Crippen LogP contribution in [0.1, 0.15) is 92.0 Å². The van der Waals surface area contributed by atoms with Gasteiger partial charge in [0.25, 0.3) is 5.91 Å². The molecule has 0 radical (unpaired) electrons. The molecule has 2 aliphatic carbocycles. The Balaban J connectivity index is 1.20. The third kappa shape index (κ3) is 4.44. The number of likely N-dealkylation sites (tertiary alicyclic amines) is 1. The molecule has 31 heavy (non-hydrogen) atoms. The van der Waals surface area contributed by atoms with Crippen molar-refractivity contribution in [2.45, 2.75) is 95.7 Å². The number of hydrogen-bond acceptors (Lipinski definition) is 5. The van der Waals surface area contributed by atoms with Gasteiger partial charge in [-0.1, -0.05) is 19.3 Å². The van der Waals surface area contributed by atoms with E-state index in [2.05, 4.69) is 21.8 Å². The van der Waals surface area contributed by atoms with E-state index in [0.717, 1.165) is 59.6 Å². The molecule has 3 heterocycles. The van der Waals surface area contributed by atoms with E-state index in [-0.39, 0.29) is 11.9 Å². The highest BCUT2D eigenvalue weighted by Gasteiger charge is 2.29. The molecule has 0 bridgehead atoms. The predicted octanol–water partition coefficient (Wildman–Crippen LogP) is 4.62. The van der Waals surface area contributed by atoms with Gasteiger partial charge in [0, 0.05) is 43.4 Å². The smallest absolute Gasteiger partial charge is 0.261 e. The van der Waals surface area contributed by atoms with Crippen molar-refractivity contribution >= 4 is 33.2 Å². The quantitative estimate of drug-likeness (QED) is 0.750. The van der Waals surface area contributed by atoms with Gasteiger partial charge in [-0.2, -0.15) is 5.10 Å². The van der Waals surface area contributed by atoms with E-state index in [9.17, 15) is 9.59 Å². The molecule has 1 saturated heterocycles. The number of amides is 1. The van der Waals surface area contributed by atoms with Crippen molar-refractivity contribution in [1.82, 2.24) is 20.0 Å². The Bertz CT molecular complexity index is 940. The summed E-state index contributed by atoms with van der Waals surface area (Å²) < 4.78 is 2.21. The minimum Gasteiger partial charge on any atom is -0.349 e. The summed E-state index contributed by atoms with van der Waals surface area (Å²) in [5, 5.41) is 9.26. The Hall–Kier alpha value is -1.73. The van der Waals surface area contributed by atoms with E-state index in [1.165, 1.54) is 32.1 Å². The van der Waals surface area contributed by atoms with Crippen molar-refractivity contribution in [1.29, 1.82) is 0 Å². The van der Waals surface area contributed by atoms with Gasteiger partial charge in [-0.3, -0.25) is 19.2 Å². The van der Waals surface area contributed by atoms with Crippen molar-refractivity contribution in [2.24, 2.45) is 0 Å². The lowest BCUT2D eigenvalue weighted by Crippen LogP contribution is -2.46. The van der Waals surface area contributed by atoms with Crippen molar-refractivity contribution in [3.05, 3.63) is 16.6 Å². The minimum absolute atomic E-state index is 0.0720. The monoisotopic (exact) mass is 442 g/mol. The third-order valence-corrected chi connectivity index (χ3v) is 8.74. The van der Waals surface area contributed by atoms with Crippen LogP contribution in [0.5, 0.6) is 0 Å². The summed E-state index contributed by atoms with van der Waals surface area (Å²) in [5.41, 5.74) is 1.04. The molecule has 2 aromatic heterocycles. The molecule has 7 heteroatoms. The number of fused-ring (bicyclic) bond motifs is 1. The number of thiophene rings is 1. The number of aromatic nitrogens is 2. The standard InChI is InChI=1S/C24H34N4O2S/c1-16-21-15-22(31-24(21)28(26-16)19-5-3-2-4-6-19)23(30)25-17-7-9-18(10-8-17)27-13-11-20(29)12-14-27/h15,17-19H,2-14H2,1H3,(H,25,30). The first-order chi connectivity index (χ1) is 15.1. The van der Waals surface area contributed by atoms with E-state index in [4.69, 9.17) is 5.10 Å². The van der Waals surface area contributed by atoms with Crippen LogP contribution in [0.25, 0.3) is 10.2 Å². The SMILES string of the molecule is Cc1nn(C2CCCCC2)c2sc(C(=O)NC3CCC(N4CCC(=O)CC4)CC3)cc12. The summed E-state index contributed by atoms with van der Waals surface area (Å²) in [5.74, 6) is 0.477. The number of rotatable bonds is 4. The molecule has 168 valence electrons. The lowest BCUT2D eigenvalue weighted by atomic mass is 9.89. The summed E-state index contributed by atoms with van der Waals surface area (Å²) in [6.07, 6.45) is 12.0. The summed E-state index contributed by atoms with van der Waals surface area (Å²) in [6, 6.07) is 3.37. The molecule has 0 atom stereocenters. The molecule has 0 spiro atoms. The van der Waals surface area contributed by atoms with Gasteiger partial charge in [-0.25, -0.2) is 0 Å². The molecule has 3 fully saturated rings.